The molecule has 3 N–H and O–H groups in total. The van der Waals surface area contributed by atoms with E-state index in [4.69, 9.17) is 19.9 Å². The number of hydrogen-bond donors (Lipinski definition) is 2. The van der Waals surface area contributed by atoms with Gasteiger partial charge in [0.25, 0.3) is 0 Å². The summed E-state index contributed by atoms with van der Waals surface area (Å²) in [5.74, 6) is -1.04. The largest absolute Gasteiger partial charge is 0.496 e. The smallest absolute Gasteiger partial charge is 0.338 e. The van der Waals surface area contributed by atoms with E-state index in [0.717, 1.165) is 25.7 Å². The average Bonchev–Trinajstić information content (AvgIpc) is 3.64. The van der Waals surface area contributed by atoms with Crippen molar-refractivity contribution in [2.24, 2.45) is 5.73 Å². The Labute approximate surface area is 236 Å². The first kappa shape index (κ1) is 27.9. The first-order valence-electron chi connectivity index (χ1n) is 13.2. The van der Waals surface area contributed by atoms with Crippen molar-refractivity contribution in [3.63, 3.8) is 0 Å². The molecule has 10 heteroatoms. The Hall–Kier alpha value is -4.70. The van der Waals surface area contributed by atoms with E-state index in [1.165, 1.54) is 49.1 Å². The van der Waals surface area contributed by atoms with E-state index < -0.39 is 29.8 Å². The molecule has 3 aromatic carbocycles. The molecule has 0 radical (unpaired) electrons. The predicted molar refractivity (Wildman–Crippen MR) is 151 cm³/mol. The van der Waals surface area contributed by atoms with Crippen molar-refractivity contribution < 1.29 is 33.0 Å². The van der Waals surface area contributed by atoms with Crippen molar-refractivity contribution in [2.75, 3.05) is 19.5 Å². The van der Waals surface area contributed by atoms with Gasteiger partial charge in [0, 0.05) is 22.8 Å². The molecule has 1 atom stereocenters. The molecule has 9 nitrogen and oxygen atoms in total. The van der Waals surface area contributed by atoms with Crippen molar-refractivity contribution in [3.8, 4) is 5.75 Å². The van der Waals surface area contributed by atoms with Crippen LogP contribution in [-0.2, 0) is 9.47 Å². The molecule has 212 valence electrons. The number of nitrogens with two attached hydrogens (primary N) is 1. The molecule has 1 saturated carbocycles. The molecular weight excluding hydrogens is 529 g/mol. The van der Waals surface area contributed by atoms with Crippen LogP contribution in [0.15, 0.2) is 66.9 Å². The first-order valence-corrected chi connectivity index (χ1v) is 13.2. The number of carbonyl (C=O) groups is 3. The summed E-state index contributed by atoms with van der Waals surface area (Å²) in [5.41, 5.74) is 9.38. The van der Waals surface area contributed by atoms with Gasteiger partial charge in [0.05, 0.1) is 36.9 Å². The van der Waals surface area contributed by atoms with Gasteiger partial charge in [-0.05, 0) is 85.8 Å². The van der Waals surface area contributed by atoms with Crippen LogP contribution in [0, 0.1) is 5.82 Å². The van der Waals surface area contributed by atoms with E-state index in [1.807, 2.05) is 0 Å². The Morgan fingerprint density at radius 3 is 2.29 bits per heavy atom. The molecule has 1 unspecified atom stereocenters. The molecule has 1 aliphatic rings. The molecule has 1 aromatic heterocycles. The molecule has 1 aliphatic carbocycles. The zero-order valence-corrected chi connectivity index (χ0v) is 22.7. The normalized spacial score (nSPS) is 14.0. The fourth-order valence-corrected chi connectivity index (χ4v) is 5.12. The zero-order valence-electron chi connectivity index (χ0n) is 22.7. The maximum absolute atomic E-state index is 13.4. The minimum Gasteiger partial charge on any atom is -0.496 e. The van der Waals surface area contributed by atoms with Crippen molar-refractivity contribution >= 4 is 34.6 Å². The molecule has 0 saturated heterocycles. The summed E-state index contributed by atoms with van der Waals surface area (Å²) in [5, 5.41) is 3.31. The summed E-state index contributed by atoms with van der Waals surface area (Å²) in [6, 6.07) is 13.8. The molecule has 1 fully saturated rings. The van der Waals surface area contributed by atoms with E-state index in [0.29, 0.717) is 44.6 Å². The second-order valence-corrected chi connectivity index (χ2v) is 9.86. The van der Waals surface area contributed by atoms with Crippen LogP contribution in [0.3, 0.4) is 0 Å². The number of benzene rings is 3. The quantitative estimate of drug-likeness (QED) is 0.274. The highest BCUT2D eigenvalue weighted by molar-refractivity contribution is 6.02. The molecule has 0 spiro atoms. The van der Waals surface area contributed by atoms with Gasteiger partial charge in [-0.1, -0.05) is 6.07 Å². The third-order valence-corrected chi connectivity index (χ3v) is 7.29. The molecule has 41 heavy (non-hydrogen) atoms. The highest BCUT2D eigenvalue weighted by atomic mass is 19.1. The number of amides is 1. The Balaban J connectivity index is 1.57. The molecule has 1 amide bonds. The van der Waals surface area contributed by atoms with Crippen LogP contribution in [0.1, 0.15) is 63.6 Å². The Kier molecular flexibility index (Phi) is 8.02. The average molecular weight is 560 g/mol. The molecular formula is C31H30FN3O6. The summed E-state index contributed by atoms with van der Waals surface area (Å²) < 4.78 is 30.8. The Morgan fingerprint density at radius 2 is 1.61 bits per heavy atom. The number of methoxy groups -OCH3 is 2. The summed E-state index contributed by atoms with van der Waals surface area (Å²) in [7, 11) is 2.75. The topological polar surface area (TPSA) is 122 Å². The fraction of sp³-hybridized carbons (Fsp3) is 0.258. The minimum absolute atomic E-state index is 0.108. The minimum atomic E-state index is -0.805. The Morgan fingerprint density at radius 1 is 0.927 bits per heavy atom. The molecule has 0 aliphatic heterocycles. The van der Waals surface area contributed by atoms with Crippen LogP contribution >= 0.6 is 0 Å². The SMILES string of the molecule is COC(=O)c1ccc(C(N)c2cn(C(=O)Nc3ccc(F)cc3)c3ccc(C(=O)OC4CCCC4)cc23)c(OC)c1. The van der Waals surface area contributed by atoms with Gasteiger partial charge in [-0.25, -0.2) is 18.8 Å². The van der Waals surface area contributed by atoms with Crippen molar-refractivity contribution in [1.29, 1.82) is 0 Å². The summed E-state index contributed by atoms with van der Waals surface area (Å²) in [6.45, 7) is 0. The van der Waals surface area contributed by atoms with Crippen molar-refractivity contribution in [3.05, 3.63) is 94.9 Å². The lowest BCUT2D eigenvalue weighted by molar-refractivity contribution is 0.0317. The maximum atomic E-state index is 13.4. The number of esters is 2. The fourth-order valence-electron chi connectivity index (χ4n) is 5.12. The lowest BCUT2D eigenvalue weighted by Gasteiger charge is -2.16. The number of aromatic nitrogens is 1. The summed E-state index contributed by atoms with van der Waals surface area (Å²) >= 11 is 0. The third kappa shape index (κ3) is 5.78. The number of rotatable bonds is 7. The van der Waals surface area contributed by atoms with Gasteiger partial charge >= 0.3 is 18.0 Å². The lowest BCUT2D eigenvalue weighted by atomic mass is 9.96. The van der Waals surface area contributed by atoms with Crippen LogP contribution in [-0.4, -0.2) is 42.9 Å². The number of ether oxygens (including phenoxy) is 3. The number of anilines is 1. The van der Waals surface area contributed by atoms with Crippen LogP contribution in [0.5, 0.6) is 5.75 Å². The number of nitrogens with one attached hydrogen (secondary N) is 1. The van der Waals surface area contributed by atoms with Crippen molar-refractivity contribution in [1.82, 2.24) is 4.57 Å². The number of carbonyl (C=O) groups excluding carboxylic acids is 3. The van der Waals surface area contributed by atoms with Gasteiger partial charge in [-0.15, -0.1) is 0 Å². The lowest BCUT2D eigenvalue weighted by Crippen LogP contribution is -2.19. The van der Waals surface area contributed by atoms with E-state index >= 15 is 0 Å². The third-order valence-electron chi connectivity index (χ3n) is 7.29. The second kappa shape index (κ2) is 11.8. The second-order valence-electron chi connectivity index (χ2n) is 9.86. The highest BCUT2D eigenvalue weighted by Gasteiger charge is 2.25. The number of hydrogen-bond acceptors (Lipinski definition) is 7. The summed E-state index contributed by atoms with van der Waals surface area (Å²) in [6.07, 6.45) is 5.21. The summed E-state index contributed by atoms with van der Waals surface area (Å²) in [4.78, 5) is 38.4. The maximum Gasteiger partial charge on any atom is 0.338 e. The highest BCUT2D eigenvalue weighted by Crippen LogP contribution is 2.35. The number of fused-ring (bicyclic) bond motifs is 1. The van der Waals surface area contributed by atoms with E-state index in [2.05, 4.69) is 5.32 Å². The molecule has 0 bridgehead atoms. The molecule has 4 aromatic rings. The predicted octanol–water partition coefficient (Wildman–Crippen LogP) is 5.80. The molecule has 1 heterocycles. The first-order chi connectivity index (χ1) is 19.8. The number of nitrogens with zero attached hydrogens (tertiary/aromatic N) is 1. The van der Waals surface area contributed by atoms with Crippen LogP contribution in [0.4, 0.5) is 14.9 Å². The van der Waals surface area contributed by atoms with Gasteiger partial charge in [-0.3, -0.25) is 4.57 Å². The van der Waals surface area contributed by atoms with Gasteiger partial charge in [0.1, 0.15) is 17.7 Å². The van der Waals surface area contributed by atoms with Crippen LogP contribution in [0.25, 0.3) is 10.9 Å². The van der Waals surface area contributed by atoms with E-state index in [9.17, 15) is 18.8 Å². The van der Waals surface area contributed by atoms with Crippen LogP contribution in [0.2, 0.25) is 0 Å². The van der Waals surface area contributed by atoms with Crippen LogP contribution < -0.4 is 15.8 Å². The van der Waals surface area contributed by atoms with E-state index in [-0.39, 0.29) is 6.10 Å². The zero-order chi connectivity index (χ0) is 29.1. The van der Waals surface area contributed by atoms with E-state index in [1.54, 1.807) is 36.5 Å². The van der Waals surface area contributed by atoms with Crippen molar-refractivity contribution in [2.45, 2.75) is 37.8 Å². The number of halogens is 1. The van der Waals surface area contributed by atoms with Gasteiger partial charge < -0.3 is 25.3 Å². The monoisotopic (exact) mass is 559 g/mol. The standard InChI is InChI=1S/C31H30FN3O6/c1-39-27-16-19(29(36)40-2)7-13-23(27)28(33)25-17-35(31(38)34-21-11-9-20(32)10-12-21)26-14-8-18(15-24(25)26)30(37)41-22-5-3-4-6-22/h7-17,22,28H,3-6,33H2,1-2H3,(H,34,38). The molecule has 5 rings (SSSR count). The van der Waals surface area contributed by atoms with Gasteiger partial charge in [0.15, 0.2) is 0 Å². The van der Waals surface area contributed by atoms with Gasteiger partial charge in [-0.2, -0.15) is 0 Å². The van der Waals surface area contributed by atoms with Gasteiger partial charge in [0.2, 0.25) is 0 Å². The Bertz CT molecular complexity index is 1610.